The van der Waals surface area contributed by atoms with Crippen molar-refractivity contribution in [1.82, 2.24) is 0 Å². The van der Waals surface area contributed by atoms with Gasteiger partial charge in [-0.3, -0.25) is 9.59 Å². The van der Waals surface area contributed by atoms with Crippen molar-refractivity contribution in [2.24, 2.45) is 0 Å². The molecule has 0 bridgehead atoms. The lowest BCUT2D eigenvalue weighted by Crippen LogP contribution is -2.40. The zero-order chi connectivity index (χ0) is 57.6. The Hall–Kier alpha value is -2.49. The van der Waals surface area contributed by atoms with Gasteiger partial charge in [-0.2, -0.15) is 0 Å². The van der Waals surface area contributed by atoms with Gasteiger partial charge in [0, 0.05) is 12.8 Å². The molecule has 0 aromatic carbocycles. The molecule has 0 heterocycles. The molecule has 0 aliphatic carbocycles. The third kappa shape index (κ3) is 63.0. The number of carbonyl (C=O) groups excluding carboxylic acids is 2. The van der Waals surface area contributed by atoms with Crippen LogP contribution in [0.2, 0.25) is 0 Å². The molecular weight excluding hydrogens is 983 g/mol. The molecule has 0 aliphatic heterocycles. The average Bonchev–Trinajstić information content (AvgIpc) is 3.42. The first kappa shape index (κ1) is 76.5. The number of rotatable bonds is 64. The van der Waals surface area contributed by atoms with Gasteiger partial charge in [-0.15, -0.1) is 0 Å². The van der Waals surface area contributed by atoms with Crippen LogP contribution in [-0.4, -0.2) is 87.4 Å². The average molecular weight is 1120 g/mol. The second kappa shape index (κ2) is 61.6. The van der Waals surface area contributed by atoms with E-state index in [9.17, 15) is 19.5 Å². The van der Waals surface area contributed by atoms with Crippen LogP contribution in [0.3, 0.4) is 0 Å². The van der Waals surface area contributed by atoms with Gasteiger partial charge < -0.3 is 28.5 Å². The highest BCUT2D eigenvalue weighted by Crippen LogP contribution is 2.18. The standard InChI is InChI=1S/C70H131NO8/c1-6-8-10-12-14-16-18-20-22-24-26-28-30-32-33-34-35-37-39-41-43-45-47-49-51-53-55-57-59-61-68(73)79-66(65-78-70(69(74)75)76-63-62-71(3,4)5)64-77-67(72)60-58-56-54-52-50-48-46-44-42-40-38-36-31-29-27-25-23-21-19-17-15-13-11-9-7-2/h18,20,24-27,66,70H,6-17,19,21-23,28-65H2,1-5H3/p+1/b20-18-,26-24-,27-25-. The fraction of sp³-hybridized carbons (Fsp3) is 0.871. The van der Waals surface area contributed by atoms with E-state index in [0.29, 0.717) is 17.4 Å². The Morgan fingerprint density at radius 1 is 0.380 bits per heavy atom. The Labute approximate surface area is 490 Å². The van der Waals surface area contributed by atoms with Crippen molar-refractivity contribution < 1.29 is 42.9 Å². The fourth-order valence-corrected chi connectivity index (χ4v) is 10.1. The molecule has 0 aliphatic rings. The molecule has 79 heavy (non-hydrogen) atoms. The van der Waals surface area contributed by atoms with Crippen molar-refractivity contribution in [3.8, 4) is 0 Å². The number of esters is 2. The van der Waals surface area contributed by atoms with Crippen LogP contribution in [0.25, 0.3) is 0 Å². The first-order valence-electron chi connectivity index (χ1n) is 34.2. The van der Waals surface area contributed by atoms with E-state index in [-0.39, 0.29) is 38.2 Å². The Balaban J connectivity index is 4.10. The van der Waals surface area contributed by atoms with Crippen LogP contribution < -0.4 is 0 Å². The van der Waals surface area contributed by atoms with Crippen LogP contribution >= 0.6 is 0 Å². The van der Waals surface area contributed by atoms with Gasteiger partial charge in [-0.1, -0.05) is 288 Å². The summed E-state index contributed by atoms with van der Waals surface area (Å²) in [6, 6.07) is 0. The maximum absolute atomic E-state index is 12.9. The molecular formula is C70H132NO8+. The molecule has 2 unspecified atom stereocenters. The van der Waals surface area contributed by atoms with Crippen molar-refractivity contribution in [2.45, 2.75) is 347 Å². The normalized spacial score (nSPS) is 12.9. The zero-order valence-electron chi connectivity index (χ0n) is 53.1. The van der Waals surface area contributed by atoms with Crippen LogP contribution in [0, 0.1) is 0 Å². The monoisotopic (exact) mass is 1110 g/mol. The molecule has 0 fully saturated rings. The van der Waals surface area contributed by atoms with Crippen molar-refractivity contribution in [3.05, 3.63) is 36.5 Å². The lowest BCUT2D eigenvalue weighted by Gasteiger charge is -2.25. The topological polar surface area (TPSA) is 108 Å². The lowest BCUT2D eigenvalue weighted by atomic mass is 10.0. The number of hydrogen-bond acceptors (Lipinski definition) is 7. The second-order valence-corrected chi connectivity index (χ2v) is 24.5. The van der Waals surface area contributed by atoms with Gasteiger partial charge in [0.05, 0.1) is 34.4 Å². The summed E-state index contributed by atoms with van der Waals surface area (Å²) in [6.45, 7) is 4.93. The summed E-state index contributed by atoms with van der Waals surface area (Å²) >= 11 is 0. The Kier molecular flexibility index (Phi) is 59.6. The van der Waals surface area contributed by atoms with Crippen molar-refractivity contribution in [3.63, 3.8) is 0 Å². The number of nitrogens with zero attached hydrogens (tertiary/aromatic N) is 1. The molecule has 0 aromatic heterocycles. The minimum absolute atomic E-state index is 0.177. The Bertz CT molecular complexity index is 1390. The van der Waals surface area contributed by atoms with Crippen molar-refractivity contribution in [2.75, 3.05) is 47.5 Å². The summed E-state index contributed by atoms with van der Waals surface area (Å²) in [5.41, 5.74) is 0. The number of carbonyl (C=O) groups is 3. The molecule has 2 atom stereocenters. The maximum Gasteiger partial charge on any atom is 0.361 e. The highest BCUT2D eigenvalue weighted by molar-refractivity contribution is 5.71. The second-order valence-electron chi connectivity index (χ2n) is 24.5. The number of carboxylic acid groups (broad SMARTS) is 1. The first-order chi connectivity index (χ1) is 38.6. The number of aliphatic carboxylic acids is 1. The minimum atomic E-state index is -1.51. The minimum Gasteiger partial charge on any atom is -0.477 e. The van der Waals surface area contributed by atoms with Crippen molar-refractivity contribution in [1.29, 1.82) is 0 Å². The van der Waals surface area contributed by atoms with E-state index in [0.717, 1.165) is 44.9 Å². The number of hydrogen-bond donors (Lipinski definition) is 1. The zero-order valence-corrected chi connectivity index (χ0v) is 53.1. The SMILES string of the molecule is CCCCCCC/C=C\C/C=C\CCCCCCCCCCCCCCCCCCCC(=O)OC(COC(=O)CCCCCCCCCCCCCCC/C=C\CCCCCCCCCC)COC(OCC[N+](C)(C)C)C(=O)O. The predicted molar refractivity (Wildman–Crippen MR) is 337 cm³/mol. The molecule has 0 amide bonds. The van der Waals surface area contributed by atoms with Gasteiger partial charge in [0.15, 0.2) is 6.10 Å². The fourth-order valence-electron chi connectivity index (χ4n) is 10.1. The van der Waals surface area contributed by atoms with Gasteiger partial charge >= 0.3 is 17.9 Å². The Morgan fingerprint density at radius 2 is 0.684 bits per heavy atom. The van der Waals surface area contributed by atoms with Gasteiger partial charge in [-0.05, 0) is 70.6 Å². The number of carboxylic acids is 1. The predicted octanol–water partition coefficient (Wildman–Crippen LogP) is 20.8. The summed E-state index contributed by atoms with van der Waals surface area (Å²) in [5, 5.41) is 9.74. The highest BCUT2D eigenvalue weighted by Gasteiger charge is 2.25. The van der Waals surface area contributed by atoms with Crippen LogP contribution in [0.4, 0.5) is 0 Å². The van der Waals surface area contributed by atoms with Gasteiger partial charge in [0.25, 0.3) is 6.29 Å². The number of likely N-dealkylation sites (N-methyl/N-ethyl adjacent to an activating group) is 1. The highest BCUT2D eigenvalue weighted by atomic mass is 16.7. The van der Waals surface area contributed by atoms with E-state index >= 15 is 0 Å². The molecule has 0 radical (unpaired) electrons. The van der Waals surface area contributed by atoms with Gasteiger partial charge in [0.2, 0.25) is 0 Å². The Morgan fingerprint density at radius 3 is 1.01 bits per heavy atom. The third-order valence-electron chi connectivity index (χ3n) is 15.4. The van der Waals surface area contributed by atoms with Crippen LogP contribution in [0.5, 0.6) is 0 Å². The van der Waals surface area contributed by atoms with Gasteiger partial charge in [0.1, 0.15) is 13.2 Å². The van der Waals surface area contributed by atoms with Crippen LogP contribution in [0.15, 0.2) is 36.5 Å². The molecule has 1 N–H and O–H groups in total. The van der Waals surface area contributed by atoms with Gasteiger partial charge in [-0.25, -0.2) is 4.79 Å². The largest absolute Gasteiger partial charge is 0.477 e. The molecule has 464 valence electrons. The molecule has 9 heteroatoms. The number of ether oxygens (including phenoxy) is 4. The lowest BCUT2D eigenvalue weighted by molar-refractivity contribution is -0.870. The van der Waals surface area contributed by atoms with Crippen LogP contribution in [0.1, 0.15) is 335 Å². The summed E-state index contributed by atoms with van der Waals surface area (Å²) in [4.78, 5) is 37.6. The molecule has 9 nitrogen and oxygen atoms in total. The smallest absolute Gasteiger partial charge is 0.361 e. The summed E-state index contributed by atoms with van der Waals surface area (Å²) < 4.78 is 23.0. The number of quaternary nitrogens is 1. The third-order valence-corrected chi connectivity index (χ3v) is 15.4. The number of allylic oxidation sites excluding steroid dienone is 6. The van der Waals surface area contributed by atoms with Crippen molar-refractivity contribution >= 4 is 17.9 Å². The van der Waals surface area contributed by atoms with E-state index in [1.807, 2.05) is 21.1 Å². The summed E-state index contributed by atoms with van der Waals surface area (Å²) in [5.74, 6) is -1.98. The van der Waals surface area contributed by atoms with E-state index in [1.165, 1.54) is 263 Å². The quantitative estimate of drug-likeness (QED) is 0.0211. The molecule has 0 saturated carbocycles. The van der Waals surface area contributed by atoms with E-state index < -0.39 is 18.4 Å². The summed E-state index contributed by atoms with van der Waals surface area (Å²) in [6.07, 6.45) is 73.9. The molecule has 0 spiro atoms. The van der Waals surface area contributed by atoms with E-state index in [2.05, 4.69) is 50.3 Å². The number of unbranched alkanes of at least 4 members (excludes halogenated alkanes) is 43. The summed E-state index contributed by atoms with van der Waals surface area (Å²) in [7, 11) is 5.99. The van der Waals surface area contributed by atoms with E-state index in [4.69, 9.17) is 18.9 Å². The molecule has 0 saturated heterocycles. The van der Waals surface area contributed by atoms with E-state index in [1.54, 1.807) is 0 Å². The van der Waals surface area contributed by atoms with Crippen LogP contribution in [-0.2, 0) is 33.3 Å². The molecule has 0 aromatic rings. The molecule has 0 rings (SSSR count). The first-order valence-corrected chi connectivity index (χ1v) is 34.2. The maximum atomic E-state index is 12.9.